The van der Waals surface area contributed by atoms with E-state index in [2.05, 4.69) is 47.9 Å². The molecule has 0 amide bonds. The highest BCUT2D eigenvalue weighted by Gasteiger charge is 2.02. The highest BCUT2D eigenvalue weighted by molar-refractivity contribution is 14.1. The van der Waals surface area contributed by atoms with Crippen molar-refractivity contribution in [1.82, 2.24) is 0 Å². The summed E-state index contributed by atoms with van der Waals surface area (Å²) in [7, 11) is 0. The molecule has 0 radical (unpaired) electrons. The van der Waals surface area contributed by atoms with Crippen LogP contribution in [0.15, 0.2) is 11.4 Å². The number of halogens is 1. The van der Waals surface area contributed by atoms with Gasteiger partial charge in [0.2, 0.25) is 0 Å². The van der Waals surface area contributed by atoms with E-state index >= 15 is 0 Å². The van der Waals surface area contributed by atoms with Crippen LogP contribution in [0.1, 0.15) is 19.4 Å². The van der Waals surface area contributed by atoms with Crippen LogP contribution in [0.5, 0.6) is 0 Å². The van der Waals surface area contributed by atoms with Crippen LogP contribution in [-0.2, 0) is 6.42 Å². The first-order chi connectivity index (χ1) is 4.70. The Morgan fingerprint density at radius 2 is 2.30 bits per heavy atom. The molecular formula is C8H11IS. The van der Waals surface area contributed by atoms with Gasteiger partial charge < -0.3 is 0 Å². The zero-order chi connectivity index (χ0) is 7.56. The van der Waals surface area contributed by atoms with Gasteiger partial charge in [0.05, 0.1) is 2.88 Å². The molecule has 1 rings (SSSR count). The van der Waals surface area contributed by atoms with Gasteiger partial charge in [-0.05, 0) is 51.9 Å². The number of thiophene rings is 1. The van der Waals surface area contributed by atoms with Gasteiger partial charge in [0.15, 0.2) is 0 Å². The largest absolute Gasteiger partial charge is 0.137 e. The lowest BCUT2D eigenvalue weighted by molar-refractivity contribution is 0.647. The molecule has 0 aliphatic heterocycles. The van der Waals surface area contributed by atoms with E-state index in [1.807, 2.05) is 11.3 Å². The summed E-state index contributed by atoms with van der Waals surface area (Å²) in [6.45, 7) is 4.52. The second-order valence-electron chi connectivity index (χ2n) is 2.82. The van der Waals surface area contributed by atoms with E-state index in [-0.39, 0.29) is 0 Å². The van der Waals surface area contributed by atoms with Crippen LogP contribution in [-0.4, -0.2) is 0 Å². The van der Waals surface area contributed by atoms with Gasteiger partial charge in [-0.25, -0.2) is 0 Å². The van der Waals surface area contributed by atoms with Crippen molar-refractivity contribution < 1.29 is 0 Å². The van der Waals surface area contributed by atoms with Crippen LogP contribution in [0, 0.1) is 8.80 Å². The second kappa shape index (κ2) is 3.72. The second-order valence-corrected chi connectivity index (χ2v) is 5.54. The fourth-order valence-corrected chi connectivity index (χ4v) is 2.40. The molecule has 0 aliphatic carbocycles. The van der Waals surface area contributed by atoms with Gasteiger partial charge in [-0.2, -0.15) is 0 Å². The van der Waals surface area contributed by atoms with E-state index in [0.717, 1.165) is 5.92 Å². The molecule has 1 heterocycles. The Morgan fingerprint density at radius 1 is 1.60 bits per heavy atom. The lowest BCUT2D eigenvalue weighted by Crippen LogP contribution is -1.92. The summed E-state index contributed by atoms with van der Waals surface area (Å²) in [4.78, 5) is 0. The SMILES string of the molecule is CC(C)Cc1ccsc1I. The Labute approximate surface area is 79.8 Å². The van der Waals surface area contributed by atoms with Crippen molar-refractivity contribution in [2.24, 2.45) is 5.92 Å². The first kappa shape index (κ1) is 8.53. The summed E-state index contributed by atoms with van der Waals surface area (Å²) in [5.74, 6) is 0.781. The van der Waals surface area contributed by atoms with Gasteiger partial charge in [0, 0.05) is 0 Å². The van der Waals surface area contributed by atoms with Crippen molar-refractivity contribution in [3.63, 3.8) is 0 Å². The number of hydrogen-bond donors (Lipinski definition) is 0. The lowest BCUT2D eigenvalue weighted by Gasteiger charge is -2.01. The van der Waals surface area contributed by atoms with Crippen molar-refractivity contribution in [3.8, 4) is 0 Å². The van der Waals surface area contributed by atoms with Gasteiger partial charge in [-0.15, -0.1) is 11.3 Å². The number of rotatable bonds is 2. The summed E-state index contributed by atoms with van der Waals surface area (Å²) in [5.41, 5.74) is 1.51. The molecule has 0 spiro atoms. The minimum absolute atomic E-state index is 0.781. The van der Waals surface area contributed by atoms with E-state index in [1.54, 1.807) is 0 Å². The minimum Gasteiger partial charge on any atom is -0.137 e. The third-order valence-corrected chi connectivity index (χ3v) is 3.52. The first-order valence-corrected chi connectivity index (χ1v) is 5.38. The maximum atomic E-state index is 2.41. The fourth-order valence-electron chi connectivity index (χ4n) is 0.905. The predicted molar refractivity (Wildman–Crippen MR) is 55.6 cm³/mol. The Hall–Kier alpha value is 0.430. The molecule has 0 unspecified atom stereocenters. The molecule has 0 atom stereocenters. The van der Waals surface area contributed by atoms with E-state index in [4.69, 9.17) is 0 Å². The molecule has 0 nitrogen and oxygen atoms in total. The zero-order valence-corrected chi connectivity index (χ0v) is 9.20. The van der Waals surface area contributed by atoms with Gasteiger partial charge in [0.1, 0.15) is 0 Å². The van der Waals surface area contributed by atoms with Gasteiger partial charge in [-0.3, -0.25) is 0 Å². The van der Waals surface area contributed by atoms with Gasteiger partial charge in [-0.1, -0.05) is 13.8 Å². The molecule has 0 saturated heterocycles. The van der Waals surface area contributed by atoms with Crippen molar-refractivity contribution in [3.05, 3.63) is 19.9 Å². The Bertz CT molecular complexity index is 203. The fraction of sp³-hybridized carbons (Fsp3) is 0.500. The maximum absolute atomic E-state index is 2.41. The van der Waals surface area contributed by atoms with E-state index in [1.165, 1.54) is 14.9 Å². The molecule has 0 bridgehead atoms. The average molecular weight is 266 g/mol. The summed E-state index contributed by atoms with van der Waals surface area (Å²) in [6.07, 6.45) is 1.22. The van der Waals surface area contributed by atoms with Crippen molar-refractivity contribution in [2.45, 2.75) is 20.3 Å². The Morgan fingerprint density at radius 3 is 2.70 bits per heavy atom. The summed E-state index contributed by atoms with van der Waals surface area (Å²) >= 11 is 4.24. The molecule has 0 aliphatic rings. The number of hydrogen-bond acceptors (Lipinski definition) is 1. The van der Waals surface area contributed by atoms with Crippen LogP contribution >= 0.6 is 33.9 Å². The summed E-state index contributed by atoms with van der Waals surface area (Å²) < 4.78 is 1.45. The van der Waals surface area contributed by atoms with Gasteiger partial charge in [0.25, 0.3) is 0 Å². The maximum Gasteiger partial charge on any atom is 0.0685 e. The molecule has 2 heteroatoms. The lowest BCUT2D eigenvalue weighted by atomic mass is 10.1. The Kier molecular flexibility index (Phi) is 3.17. The third-order valence-electron chi connectivity index (χ3n) is 1.32. The van der Waals surface area contributed by atoms with Crippen LogP contribution in [0.4, 0.5) is 0 Å². The molecule has 0 aromatic carbocycles. The molecular weight excluding hydrogens is 255 g/mol. The normalized spacial score (nSPS) is 10.8. The first-order valence-electron chi connectivity index (χ1n) is 3.42. The molecule has 1 aromatic heterocycles. The summed E-state index contributed by atoms with van der Waals surface area (Å²) in [5, 5.41) is 2.17. The molecule has 0 saturated carbocycles. The van der Waals surface area contributed by atoms with Crippen LogP contribution in [0.25, 0.3) is 0 Å². The Balaban J connectivity index is 2.65. The van der Waals surface area contributed by atoms with Crippen LogP contribution in [0.3, 0.4) is 0 Å². The van der Waals surface area contributed by atoms with E-state index in [0.29, 0.717) is 0 Å². The minimum atomic E-state index is 0.781. The molecule has 1 aromatic rings. The van der Waals surface area contributed by atoms with Crippen molar-refractivity contribution in [1.29, 1.82) is 0 Å². The van der Waals surface area contributed by atoms with Crippen LogP contribution < -0.4 is 0 Å². The van der Waals surface area contributed by atoms with Gasteiger partial charge >= 0.3 is 0 Å². The topological polar surface area (TPSA) is 0 Å². The summed E-state index contributed by atoms with van der Waals surface area (Å²) in [6, 6.07) is 2.23. The average Bonchev–Trinajstić information content (AvgIpc) is 2.15. The van der Waals surface area contributed by atoms with E-state index < -0.39 is 0 Å². The van der Waals surface area contributed by atoms with E-state index in [9.17, 15) is 0 Å². The molecule has 10 heavy (non-hydrogen) atoms. The zero-order valence-electron chi connectivity index (χ0n) is 6.23. The predicted octanol–water partition coefficient (Wildman–Crippen LogP) is 3.55. The molecule has 0 N–H and O–H groups in total. The molecule has 0 fully saturated rings. The van der Waals surface area contributed by atoms with Crippen LogP contribution in [0.2, 0.25) is 0 Å². The highest BCUT2D eigenvalue weighted by Crippen LogP contribution is 2.21. The highest BCUT2D eigenvalue weighted by atomic mass is 127. The smallest absolute Gasteiger partial charge is 0.0685 e. The molecule has 56 valence electrons. The quantitative estimate of drug-likeness (QED) is 0.718. The van der Waals surface area contributed by atoms with Crippen molar-refractivity contribution in [2.75, 3.05) is 0 Å². The van der Waals surface area contributed by atoms with Crippen molar-refractivity contribution >= 4 is 33.9 Å². The standard InChI is InChI=1S/C8H11IS/c1-6(2)5-7-3-4-10-8(7)9/h3-4,6H,5H2,1-2H3. The third kappa shape index (κ3) is 2.23. The monoisotopic (exact) mass is 266 g/mol.